The normalized spacial score (nSPS) is 21.8. The molecule has 0 radical (unpaired) electrons. The molecule has 0 bridgehead atoms. The number of aliphatic hydroxyl groups excluding tert-OH is 1. The Balaban J connectivity index is 1.74. The second-order valence-corrected chi connectivity index (χ2v) is 15.0. The van der Waals surface area contributed by atoms with Crippen molar-refractivity contribution in [2.75, 3.05) is 54.2 Å². The van der Waals surface area contributed by atoms with Crippen LogP contribution in [-0.2, 0) is 35.0 Å². The average molecular weight is 732 g/mol. The maximum Gasteiger partial charge on any atom is 0.318 e. The number of amides is 5. The number of benzene rings is 1. The molecule has 0 spiro atoms. The van der Waals surface area contributed by atoms with Crippen LogP contribution in [0.3, 0.4) is 0 Å². The Kier molecular flexibility index (Phi) is 17.3. The van der Waals surface area contributed by atoms with Crippen LogP contribution in [0.25, 0.3) is 0 Å². The van der Waals surface area contributed by atoms with Crippen molar-refractivity contribution < 1.29 is 38.5 Å². The summed E-state index contributed by atoms with van der Waals surface area (Å²) >= 11 is 0. The first-order chi connectivity index (χ1) is 24.8. The number of hydrogen-bond acceptors (Lipinski definition) is 8. The molecule has 2 aliphatic heterocycles. The van der Waals surface area contributed by atoms with Gasteiger partial charge in [0.25, 0.3) is 0 Å². The highest BCUT2D eigenvalue weighted by Crippen LogP contribution is 2.30. The van der Waals surface area contributed by atoms with Crippen molar-refractivity contribution in [2.24, 2.45) is 17.8 Å². The highest BCUT2D eigenvalue weighted by Gasteiger charge is 2.43. The lowest BCUT2D eigenvalue weighted by Crippen LogP contribution is -2.60. The Morgan fingerprint density at radius 2 is 1.71 bits per heavy atom. The number of urea groups is 1. The predicted molar refractivity (Wildman–Crippen MR) is 199 cm³/mol. The number of methoxy groups -OCH3 is 2. The van der Waals surface area contributed by atoms with Gasteiger partial charge >= 0.3 is 6.03 Å². The van der Waals surface area contributed by atoms with E-state index in [0.29, 0.717) is 39.1 Å². The minimum absolute atomic E-state index is 0.0188. The number of rotatable bonds is 18. The van der Waals surface area contributed by atoms with Crippen LogP contribution in [0.2, 0.25) is 0 Å². The SMILES string of the molecule is CC[C@H](C)[C@@H]([C@@H](CC(=O)N1CCC[C@H]1[C@H](OC)[C@@H](C)C(=O)N[C@H](CO)Cc1ccccc1)OC)N(C)C(=O)[C@@H](NC(=O)N1CCOC[C@H]1C)C(C)C. The summed E-state index contributed by atoms with van der Waals surface area (Å²) in [5.74, 6) is -1.41. The zero-order valence-corrected chi connectivity index (χ0v) is 32.9. The first-order valence-electron chi connectivity index (χ1n) is 19.0. The van der Waals surface area contributed by atoms with E-state index in [1.54, 1.807) is 42.9 Å². The molecule has 0 aliphatic carbocycles. The van der Waals surface area contributed by atoms with Crippen LogP contribution >= 0.6 is 0 Å². The fraction of sp³-hybridized carbons (Fsp3) is 0.744. The number of carbonyl (C=O) groups is 4. The Morgan fingerprint density at radius 3 is 2.29 bits per heavy atom. The summed E-state index contributed by atoms with van der Waals surface area (Å²) in [7, 11) is 4.85. The van der Waals surface area contributed by atoms with Gasteiger partial charge in [0.1, 0.15) is 6.04 Å². The standard InChI is InChI=1S/C39H65N5O8/c1-10-26(4)35(42(7)38(48)34(25(2)3)41-39(49)43-19-20-52-24-27(43)5)32(50-8)22-33(46)44-18-14-17-31(44)36(51-9)28(6)37(47)40-30(23-45)21-29-15-12-11-13-16-29/h11-13,15-16,25-28,30-32,34-36,45H,10,14,17-24H2,1-9H3,(H,40,47)(H,41,49)/t26-,27+,28+,30-,31-,32+,34-,35-,36+/m0/s1. The third kappa shape index (κ3) is 11.1. The molecule has 9 atom stereocenters. The Hall–Kier alpha value is -3.26. The van der Waals surface area contributed by atoms with Gasteiger partial charge in [0.05, 0.1) is 68.5 Å². The topological polar surface area (TPSA) is 150 Å². The molecule has 5 amide bonds. The van der Waals surface area contributed by atoms with E-state index in [4.69, 9.17) is 14.2 Å². The number of likely N-dealkylation sites (tertiary alicyclic amines) is 1. The van der Waals surface area contributed by atoms with Crippen molar-refractivity contribution in [1.29, 1.82) is 0 Å². The average Bonchev–Trinajstić information content (AvgIpc) is 3.63. The van der Waals surface area contributed by atoms with Gasteiger partial charge in [0, 0.05) is 34.4 Å². The largest absolute Gasteiger partial charge is 0.394 e. The van der Waals surface area contributed by atoms with Crippen LogP contribution in [0.1, 0.15) is 72.8 Å². The van der Waals surface area contributed by atoms with Crippen molar-refractivity contribution in [1.82, 2.24) is 25.3 Å². The Morgan fingerprint density at radius 1 is 1.02 bits per heavy atom. The predicted octanol–water partition coefficient (Wildman–Crippen LogP) is 3.08. The fourth-order valence-electron chi connectivity index (χ4n) is 7.68. The second-order valence-electron chi connectivity index (χ2n) is 15.0. The fourth-order valence-corrected chi connectivity index (χ4v) is 7.68. The van der Waals surface area contributed by atoms with Gasteiger partial charge in [-0.3, -0.25) is 14.4 Å². The lowest BCUT2D eigenvalue weighted by molar-refractivity contribution is -0.147. The summed E-state index contributed by atoms with van der Waals surface area (Å²) in [4.78, 5) is 60.3. The lowest BCUT2D eigenvalue weighted by Gasteiger charge is -2.41. The summed E-state index contributed by atoms with van der Waals surface area (Å²) in [5.41, 5.74) is 1.01. The molecular weight excluding hydrogens is 666 g/mol. The highest BCUT2D eigenvalue weighted by atomic mass is 16.5. The molecule has 0 unspecified atom stereocenters. The van der Waals surface area contributed by atoms with Crippen LogP contribution in [-0.4, -0.2) is 140 Å². The van der Waals surface area contributed by atoms with Gasteiger partial charge in [-0.25, -0.2) is 4.79 Å². The molecule has 2 saturated heterocycles. The van der Waals surface area contributed by atoms with Gasteiger partial charge in [-0.15, -0.1) is 0 Å². The smallest absolute Gasteiger partial charge is 0.318 e. The molecule has 3 rings (SSSR count). The molecule has 2 aliphatic rings. The third-order valence-electron chi connectivity index (χ3n) is 11.0. The first-order valence-corrected chi connectivity index (χ1v) is 19.0. The number of morpholine rings is 1. The monoisotopic (exact) mass is 731 g/mol. The van der Waals surface area contributed by atoms with Crippen LogP contribution < -0.4 is 10.6 Å². The molecule has 3 N–H and O–H groups in total. The van der Waals surface area contributed by atoms with Crippen molar-refractivity contribution in [3.63, 3.8) is 0 Å². The van der Waals surface area contributed by atoms with E-state index in [2.05, 4.69) is 10.6 Å². The summed E-state index contributed by atoms with van der Waals surface area (Å²) in [5, 5.41) is 16.0. The minimum Gasteiger partial charge on any atom is -0.394 e. The van der Waals surface area contributed by atoms with E-state index in [-0.39, 0.29) is 60.7 Å². The zero-order valence-electron chi connectivity index (χ0n) is 32.9. The third-order valence-corrected chi connectivity index (χ3v) is 11.0. The molecular formula is C39H65N5O8. The van der Waals surface area contributed by atoms with Crippen LogP contribution in [0.5, 0.6) is 0 Å². The van der Waals surface area contributed by atoms with E-state index in [1.807, 2.05) is 65.0 Å². The second kappa shape index (κ2) is 20.8. The Bertz CT molecular complexity index is 1280. The number of nitrogens with zero attached hydrogens (tertiary/aromatic N) is 3. The highest BCUT2D eigenvalue weighted by molar-refractivity contribution is 5.88. The maximum absolute atomic E-state index is 14.2. The van der Waals surface area contributed by atoms with Crippen molar-refractivity contribution in [3.05, 3.63) is 35.9 Å². The van der Waals surface area contributed by atoms with E-state index in [0.717, 1.165) is 18.4 Å². The minimum atomic E-state index is -0.775. The molecule has 52 heavy (non-hydrogen) atoms. The lowest BCUT2D eigenvalue weighted by atomic mass is 9.89. The van der Waals surface area contributed by atoms with Gasteiger partial charge < -0.3 is 44.7 Å². The van der Waals surface area contributed by atoms with E-state index in [1.165, 1.54) is 0 Å². The number of nitrogens with one attached hydrogen (secondary N) is 2. The molecule has 13 nitrogen and oxygen atoms in total. The van der Waals surface area contributed by atoms with Crippen molar-refractivity contribution in [3.8, 4) is 0 Å². The molecule has 13 heteroatoms. The molecule has 2 fully saturated rings. The Labute approximate surface area is 311 Å². The summed E-state index contributed by atoms with van der Waals surface area (Å²) < 4.78 is 17.4. The zero-order chi connectivity index (χ0) is 38.5. The van der Waals surface area contributed by atoms with Crippen molar-refractivity contribution in [2.45, 2.75) is 116 Å². The van der Waals surface area contributed by atoms with Crippen LogP contribution in [0.15, 0.2) is 30.3 Å². The number of hydrogen-bond donors (Lipinski definition) is 3. The maximum atomic E-state index is 14.2. The number of aliphatic hydroxyl groups is 1. The van der Waals surface area contributed by atoms with E-state index < -0.39 is 36.3 Å². The summed E-state index contributed by atoms with van der Waals surface area (Å²) in [6.07, 6.45) is 1.52. The molecule has 294 valence electrons. The van der Waals surface area contributed by atoms with E-state index in [9.17, 15) is 24.3 Å². The van der Waals surface area contributed by atoms with E-state index >= 15 is 0 Å². The molecule has 0 saturated carbocycles. The molecule has 0 aromatic heterocycles. The summed E-state index contributed by atoms with van der Waals surface area (Å²) in [6, 6.07) is 7.27. The van der Waals surface area contributed by atoms with Gasteiger partial charge in [-0.1, -0.05) is 71.4 Å². The summed E-state index contributed by atoms with van der Waals surface area (Å²) in [6.45, 7) is 13.3. The molecule has 1 aromatic rings. The van der Waals surface area contributed by atoms with Crippen LogP contribution in [0, 0.1) is 17.8 Å². The van der Waals surface area contributed by atoms with Gasteiger partial charge in [0.2, 0.25) is 17.7 Å². The molecule has 1 aromatic carbocycles. The van der Waals surface area contributed by atoms with Gasteiger partial charge in [-0.05, 0) is 43.6 Å². The number of carbonyl (C=O) groups excluding carboxylic acids is 4. The quantitative estimate of drug-likeness (QED) is 0.209. The van der Waals surface area contributed by atoms with Crippen molar-refractivity contribution >= 4 is 23.8 Å². The number of ether oxygens (including phenoxy) is 3. The van der Waals surface area contributed by atoms with Crippen LogP contribution in [0.4, 0.5) is 4.79 Å². The first kappa shape index (κ1) is 43.1. The van der Waals surface area contributed by atoms with Gasteiger partial charge in [-0.2, -0.15) is 0 Å². The molecule has 2 heterocycles. The number of likely N-dealkylation sites (N-methyl/N-ethyl adjacent to an activating group) is 1. The van der Waals surface area contributed by atoms with Gasteiger partial charge in [0.15, 0.2) is 0 Å².